The quantitative estimate of drug-likeness (QED) is 0.875. The smallest absolute Gasteiger partial charge is 0.261 e. The highest BCUT2D eigenvalue weighted by Crippen LogP contribution is 2.27. The summed E-state index contributed by atoms with van der Waals surface area (Å²) in [7, 11) is 0. The Morgan fingerprint density at radius 2 is 2.26 bits per heavy atom. The van der Waals surface area contributed by atoms with Gasteiger partial charge in [0.1, 0.15) is 5.82 Å². The second-order valence-electron chi connectivity index (χ2n) is 4.61. The maximum Gasteiger partial charge on any atom is 0.261 e. The molecule has 0 aromatic carbocycles. The SMILES string of the molecule is Cc1noc(-c2cccnc2N2CCCNCC2)n1. The predicted octanol–water partition coefficient (Wildman–Crippen LogP) is 1.24. The molecule has 6 nitrogen and oxygen atoms in total. The highest BCUT2D eigenvalue weighted by molar-refractivity contribution is 5.69. The van der Waals surface area contributed by atoms with E-state index in [9.17, 15) is 0 Å². The Balaban J connectivity index is 1.96. The zero-order valence-electron chi connectivity index (χ0n) is 11.0. The summed E-state index contributed by atoms with van der Waals surface area (Å²) in [5, 5.41) is 7.24. The summed E-state index contributed by atoms with van der Waals surface area (Å²) in [5.74, 6) is 2.11. The van der Waals surface area contributed by atoms with E-state index in [1.807, 2.05) is 19.1 Å². The van der Waals surface area contributed by atoms with Gasteiger partial charge in [0.15, 0.2) is 5.82 Å². The first kappa shape index (κ1) is 12.1. The molecule has 0 amide bonds. The van der Waals surface area contributed by atoms with E-state index in [-0.39, 0.29) is 0 Å². The summed E-state index contributed by atoms with van der Waals surface area (Å²) >= 11 is 0. The second kappa shape index (κ2) is 5.36. The number of anilines is 1. The van der Waals surface area contributed by atoms with Gasteiger partial charge in [0, 0.05) is 25.8 Å². The predicted molar refractivity (Wildman–Crippen MR) is 72.0 cm³/mol. The molecule has 19 heavy (non-hydrogen) atoms. The van der Waals surface area contributed by atoms with E-state index in [2.05, 4.69) is 25.3 Å². The summed E-state index contributed by atoms with van der Waals surface area (Å²) in [6, 6.07) is 3.88. The van der Waals surface area contributed by atoms with Crippen LogP contribution in [-0.4, -0.2) is 41.3 Å². The minimum absolute atomic E-state index is 0.540. The zero-order valence-corrected chi connectivity index (χ0v) is 11.0. The van der Waals surface area contributed by atoms with Gasteiger partial charge in [0.05, 0.1) is 5.56 Å². The van der Waals surface area contributed by atoms with Crippen molar-refractivity contribution < 1.29 is 4.52 Å². The minimum Gasteiger partial charge on any atom is -0.355 e. The Bertz CT molecular complexity index is 545. The molecular weight excluding hydrogens is 242 g/mol. The van der Waals surface area contributed by atoms with Crippen LogP contribution in [0, 0.1) is 6.92 Å². The van der Waals surface area contributed by atoms with E-state index in [1.165, 1.54) is 0 Å². The van der Waals surface area contributed by atoms with Crippen LogP contribution in [0.3, 0.4) is 0 Å². The summed E-state index contributed by atoms with van der Waals surface area (Å²) in [5.41, 5.74) is 0.907. The Kier molecular flexibility index (Phi) is 3.41. The number of pyridine rings is 1. The molecule has 6 heteroatoms. The van der Waals surface area contributed by atoms with Crippen LogP contribution >= 0.6 is 0 Å². The molecule has 3 heterocycles. The highest BCUT2D eigenvalue weighted by Gasteiger charge is 2.18. The Hall–Kier alpha value is -1.95. The van der Waals surface area contributed by atoms with E-state index in [4.69, 9.17) is 4.52 Å². The van der Waals surface area contributed by atoms with Crippen molar-refractivity contribution in [2.75, 3.05) is 31.1 Å². The van der Waals surface area contributed by atoms with E-state index in [0.717, 1.165) is 44.0 Å². The molecule has 0 radical (unpaired) electrons. The molecule has 1 aliphatic heterocycles. The van der Waals surface area contributed by atoms with Gasteiger partial charge >= 0.3 is 0 Å². The van der Waals surface area contributed by atoms with Crippen LogP contribution in [0.5, 0.6) is 0 Å². The Morgan fingerprint density at radius 1 is 1.32 bits per heavy atom. The fourth-order valence-corrected chi connectivity index (χ4v) is 2.28. The van der Waals surface area contributed by atoms with Gasteiger partial charge < -0.3 is 14.7 Å². The second-order valence-corrected chi connectivity index (χ2v) is 4.61. The number of hydrogen-bond donors (Lipinski definition) is 1. The van der Waals surface area contributed by atoms with Crippen molar-refractivity contribution in [2.45, 2.75) is 13.3 Å². The lowest BCUT2D eigenvalue weighted by Gasteiger charge is -2.22. The fraction of sp³-hybridized carbons (Fsp3) is 0.462. The molecule has 0 unspecified atom stereocenters. The van der Waals surface area contributed by atoms with Gasteiger partial charge in [-0.3, -0.25) is 0 Å². The number of aromatic nitrogens is 3. The Morgan fingerprint density at radius 3 is 3.11 bits per heavy atom. The molecule has 0 spiro atoms. The van der Waals surface area contributed by atoms with E-state index in [0.29, 0.717) is 11.7 Å². The lowest BCUT2D eigenvalue weighted by Crippen LogP contribution is -2.29. The van der Waals surface area contributed by atoms with Crippen molar-refractivity contribution in [1.82, 2.24) is 20.4 Å². The van der Waals surface area contributed by atoms with Crippen molar-refractivity contribution in [3.63, 3.8) is 0 Å². The number of hydrogen-bond acceptors (Lipinski definition) is 6. The normalized spacial score (nSPS) is 16.4. The lowest BCUT2D eigenvalue weighted by atomic mass is 10.2. The highest BCUT2D eigenvalue weighted by atomic mass is 16.5. The molecule has 2 aromatic rings. The van der Waals surface area contributed by atoms with Gasteiger partial charge in [0.25, 0.3) is 5.89 Å². The van der Waals surface area contributed by atoms with Crippen LogP contribution in [0.15, 0.2) is 22.9 Å². The summed E-state index contributed by atoms with van der Waals surface area (Å²) < 4.78 is 5.27. The van der Waals surface area contributed by atoms with Gasteiger partial charge in [-0.05, 0) is 32.0 Å². The maximum atomic E-state index is 5.27. The number of aryl methyl sites for hydroxylation is 1. The van der Waals surface area contributed by atoms with Crippen LogP contribution < -0.4 is 10.2 Å². The zero-order chi connectivity index (χ0) is 13.1. The van der Waals surface area contributed by atoms with Crippen molar-refractivity contribution in [3.05, 3.63) is 24.2 Å². The molecular formula is C13H17N5O. The van der Waals surface area contributed by atoms with Gasteiger partial charge in [-0.25, -0.2) is 4.98 Å². The molecule has 1 N–H and O–H groups in total. The Labute approximate surface area is 111 Å². The summed E-state index contributed by atoms with van der Waals surface area (Å²) in [6.45, 7) is 5.78. The van der Waals surface area contributed by atoms with E-state index >= 15 is 0 Å². The van der Waals surface area contributed by atoms with Gasteiger partial charge in [0.2, 0.25) is 0 Å². The average molecular weight is 259 g/mol. The first-order valence-electron chi connectivity index (χ1n) is 6.56. The standard InChI is InChI=1S/C13H17N5O/c1-10-16-13(19-17-10)11-4-2-6-15-12(11)18-8-3-5-14-7-9-18/h2,4,6,14H,3,5,7-9H2,1H3. The van der Waals surface area contributed by atoms with Crippen molar-refractivity contribution in [3.8, 4) is 11.5 Å². The van der Waals surface area contributed by atoms with Gasteiger partial charge in [-0.15, -0.1) is 0 Å². The fourth-order valence-electron chi connectivity index (χ4n) is 2.28. The molecule has 0 atom stereocenters. The molecule has 100 valence electrons. The minimum atomic E-state index is 0.540. The van der Waals surface area contributed by atoms with Crippen LogP contribution in [0.2, 0.25) is 0 Å². The summed E-state index contributed by atoms with van der Waals surface area (Å²) in [6.07, 6.45) is 2.92. The van der Waals surface area contributed by atoms with Crippen molar-refractivity contribution in [1.29, 1.82) is 0 Å². The molecule has 0 bridgehead atoms. The topological polar surface area (TPSA) is 67.1 Å². The average Bonchev–Trinajstić information content (AvgIpc) is 2.71. The molecule has 2 aromatic heterocycles. The molecule has 0 aliphatic carbocycles. The summed E-state index contributed by atoms with van der Waals surface area (Å²) in [4.78, 5) is 11.1. The van der Waals surface area contributed by atoms with Crippen LogP contribution in [0.25, 0.3) is 11.5 Å². The maximum absolute atomic E-state index is 5.27. The van der Waals surface area contributed by atoms with E-state index in [1.54, 1.807) is 6.20 Å². The molecule has 0 saturated carbocycles. The number of rotatable bonds is 2. The number of nitrogens with one attached hydrogen (secondary N) is 1. The first-order chi connectivity index (χ1) is 9.34. The molecule has 1 saturated heterocycles. The first-order valence-corrected chi connectivity index (χ1v) is 6.56. The van der Waals surface area contributed by atoms with Crippen LogP contribution in [0.1, 0.15) is 12.2 Å². The van der Waals surface area contributed by atoms with Crippen molar-refractivity contribution >= 4 is 5.82 Å². The van der Waals surface area contributed by atoms with Gasteiger partial charge in [-0.2, -0.15) is 4.98 Å². The third-order valence-corrected chi connectivity index (χ3v) is 3.18. The molecule has 1 aliphatic rings. The number of nitrogens with zero attached hydrogens (tertiary/aromatic N) is 4. The third-order valence-electron chi connectivity index (χ3n) is 3.18. The van der Waals surface area contributed by atoms with Crippen molar-refractivity contribution in [2.24, 2.45) is 0 Å². The van der Waals surface area contributed by atoms with Crippen LogP contribution in [-0.2, 0) is 0 Å². The van der Waals surface area contributed by atoms with Crippen LogP contribution in [0.4, 0.5) is 5.82 Å². The lowest BCUT2D eigenvalue weighted by molar-refractivity contribution is 0.425. The third kappa shape index (κ3) is 2.58. The van der Waals surface area contributed by atoms with E-state index < -0.39 is 0 Å². The van der Waals surface area contributed by atoms with Gasteiger partial charge in [-0.1, -0.05) is 5.16 Å². The monoisotopic (exact) mass is 259 g/mol. The largest absolute Gasteiger partial charge is 0.355 e. The molecule has 1 fully saturated rings. The molecule has 3 rings (SSSR count).